The number of hydrogen-bond donors (Lipinski definition) is 1. The zero-order valence-corrected chi connectivity index (χ0v) is 32.2. The van der Waals surface area contributed by atoms with Crippen LogP contribution in [0.5, 0.6) is 0 Å². The number of fused-ring (bicyclic) bond motifs is 11. The van der Waals surface area contributed by atoms with Crippen LogP contribution in [0.4, 0.5) is 0 Å². The first-order chi connectivity index (χ1) is 28.1. The lowest BCUT2D eigenvalue weighted by Crippen LogP contribution is -1.97. The topological polar surface area (TPSA) is 13.1 Å². The van der Waals surface area contributed by atoms with Gasteiger partial charge in [-0.2, -0.15) is 0 Å². The Balaban J connectivity index is 1.16. The molecule has 1 aliphatic rings. The average molecular weight is 745 g/mol. The van der Waals surface area contributed by atoms with Crippen LogP contribution in [0.1, 0.15) is 5.56 Å². The van der Waals surface area contributed by atoms with Crippen molar-refractivity contribution in [3.05, 3.63) is 200 Å². The Hall–Kier alpha value is -6.87. The Kier molecular flexibility index (Phi) is 7.87. The molecule has 1 heterocycles. The fourth-order valence-corrected chi connectivity index (χ4v) is 9.20. The van der Waals surface area contributed by atoms with E-state index in [9.17, 15) is 0 Å². The van der Waals surface area contributed by atoms with Crippen LogP contribution in [0.3, 0.4) is 0 Å². The Morgan fingerprint density at radius 2 is 0.772 bits per heavy atom. The van der Waals surface area contributed by atoms with Crippen molar-refractivity contribution in [2.75, 3.05) is 0 Å². The van der Waals surface area contributed by atoms with Crippen molar-refractivity contribution in [3.63, 3.8) is 0 Å². The number of para-hydroxylation sites is 2. The summed E-state index contributed by atoms with van der Waals surface area (Å²) in [6.07, 6.45) is 0. The highest BCUT2D eigenvalue weighted by atomic mass is 32.1. The maximum atomic E-state index is 6.63. The number of hydrogen-bond acceptors (Lipinski definition) is 2. The van der Waals surface area contributed by atoms with Crippen molar-refractivity contribution in [1.82, 2.24) is 0 Å². The molecule has 0 saturated heterocycles. The third-order valence-electron chi connectivity index (χ3n) is 11.7. The summed E-state index contributed by atoms with van der Waals surface area (Å²) in [6.45, 7) is 2.16. The van der Waals surface area contributed by atoms with Gasteiger partial charge >= 0.3 is 0 Å². The summed E-state index contributed by atoms with van der Waals surface area (Å²) in [7, 11) is 0. The van der Waals surface area contributed by atoms with Gasteiger partial charge in [0.25, 0.3) is 0 Å². The standard InChI is InChI=1S/C55H36OS/c1-34-13-2-3-14-40(34)52-33-36(26-28-54(52)57)38-29-37(30-39(31-38)41-22-12-23-50-49-21-10-11-24-53(49)56-55(41)50)35-25-27-48-46-19-7-6-17-44(46)42-15-4-5-16-43(42)45-18-8-9-20-47(45)51(48)32-35/h2-33,57H,1H3. The summed E-state index contributed by atoms with van der Waals surface area (Å²) in [5.74, 6) is 0. The second kappa shape index (κ2) is 13.4. The second-order valence-electron chi connectivity index (χ2n) is 15.0. The van der Waals surface area contributed by atoms with Crippen LogP contribution in [0.2, 0.25) is 0 Å². The first-order valence-electron chi connectivity index (χ1n) is 19.5. The molecular weight excluding hydrogens is 709 g/mol. The van der Waals surface area contributed by atoms with Crippen LogP contribution in [-0.2, 0) is 0 Å². The first kappa shape index (κ1) is 33.5. The van der Waals surface area contributed by atoms with E-state index in [0.717, 1.165) is 65.8 Å². The normalized spacial score (nSPS) is 11.7. The Morgan fingerprint density at radius 1 is 0.316 bits per heavy atom. The fourth-order valence-electron chi connectivity index (χ4n) is 8.94. The lowest BCUT2D eigenvalue weighted by molar-refractivity contribution is 0.670. The summed E-state index contributed by atoms with van der Waals surface area (Å²) in [4.78, 5) is 0.957. The zero-order chi connectivity index (χ0) is 38.0. The lowest BCUT2D eigenvalue weighted by Gasteiger charge is -2.23. The van der Waals surface area contributed by atoms with E-state index in [1.165, 1.54) is 55.6 Å². The maximum Gasteiger partial charge on any atom is 0.143 e. The van der Waals surface area contributed by atoms with E-state index in [4.69, 9.17) is 17.0 Å². The van der Waals surface area contributed by atoms with Gasteiger partial charge in [0.2, 0.25) is 0 Å². The van der Waals surface area contributed by atoms with Gasteiger partial charge in [0.1, 0.15) is 11.2 Å². The Bertz CT molecular complexity index is 3210. The van der Waals surface area contributed by atoms with Gasteiger partial charge in [-0.15, -0.1) is 12.6 Å². The summed E-state index contributed by atoms with van der Waals surface area (Å²) in [5.41, 5.74) is 22.0. The van der Waals surface area contributed by atoms with E-state index in [1.54, 1.807) is 0 Å². The Labute approximate surface area is 338 Å². The van der Waals surface area contributed by atoms with Gasteiger partial charge in [0, 0.05) is 21.2 Å². The number of aryl methyl sites for hydroxylation is 1. The van der Waals surface area contributed by atoms with Crippen molar-refractivity contribution in [3.8, 4) is 89.0 Å². The molecule has 0 atom stereocenters. The van der Waals surface area contributed by atoms with Gasteiger partial charge in [-0.05, 0) is 138 Å². The molecule has 0 N–H and O–H groups in total. The third kappa shape index (κ3) is 5.56. The molecule has 0 unspecified atom stereocenters. The number of benzene rings is 9. The molecule has 0 amide bonds. The van der Waals surface area contributed by atoms with E-state index in [1.807, 2.05) is 6.07 Å². The molecule has 2 heteroatoms. The molecular formula is C55H36OS. The van der Waals surface area contributed by atoms with Crippen molar-refractivity contribution >= 4 is 34.6 Å². The van der Waals surface area contributed by atoms with Crippen LogP contribution >= 0.6 is 12.6 Å². The molecule has 1 nitrogen and oxygen atoms in total. The Morgan fingerprint density at radius 3 is 1.40 bits per heavy atom. The van der Waals surface area contributed by atoms with Crippen LogP contribution in [0.25, 0.3) is 111 Å². The minimum Gasteiger partial charge on any atom is -0.455 e. The SMILES string of the molecule is Cc1ccccc1-c1cc(-c2cc(-c3ccc4c(c3)-c3ccccc3-c3ccccc3-c3ccccc3-4)cc(-c3cccc4c3oc3ccccc34)c2)ccc1S. The molecule has 1 aromatic heterocycles. The molecule has 11 rings (SSSR count). The molecule has 9 aromatic carbocycles. The number of thiol groups is 1. The first-order valence-corrected chi connectivity index (χ1v) is 19.9. The fraction of sp³-hybridized carbons (Fsp3) is 0.0182. The largest absolute Gasteiger partial charge is 0.455 e. The molecule has 0 spiro atoms. The number of furan rings is 1. The van der Waals surface area contributed by atoms with Gasteiger partial charge in [0.05, 0.1) is 0 Å². The maximum absolute atomic E-state index is 6.63. The van der Waals surface area contributed by atoms with E-state index < -0.39 is 0 Å². The molecule has 57 heavy (non-hydrogen) atoms. The monoisotopic (exact) mass is 744 g/mol. The summed E-state index contributed by atoms with van der Waals surface area (Å²) in [6, 6.07) is 70.5. The van der Waals surface area contributed by atoms with Gasteiger partial charge < -0.3 is 4.42 Å². The quantitative estimate of drug-likeness (QED) is 0.177. The van der Waals surface area contributed by atoms with E-state index in [0.29, 0.717) is 0 Å². The average Bonchev–Trinajstić information content (AvgIpc) is 3.65. The van der Waals surface area contributed by atoms with Crippen molar-refractivity contribution in [2.24, 2.45) is 0 Å². The molecule has 0 aliphatic heterocycles. The van der Waals surface area contributed by atoms with Crippen molar-refractivity contribution in [1.29, 1.82) is 0 Å². The summed E-state index contributed by atoms with van der Waals surface area (Å²) >= 11 is 4.95. The van der Waals surface area contributed by atoms with E-state index >= 15 is 0 Å². The van der Waals surface area contributed by atoms with Gasteiger partial charge in [-0.25, -0.2) is 0 Å². The van der Waals surface area contributed by atoms with E-state index in [-0.39, 0.29) is 0 Å². The lowest BCUT2D eigenvalue weighted by atomic mass is 9.80. The van der Waals surface area contributed by atoms with Crippen LogP contribution in [0, 0.1) is 6.92 Å². The molecule has 0 saturated carbocycles. The van der Waals surface area contributed by atoms with Crippen LogP contribution < -0.4 is 0 Å². The summed E-state index contributed by atoms with van der Waals surface area (Å²) < 4.78 is 6.63. The van der Waals surface area contributed by atoms with Crippen molar-refractivity contribution in [2.45, 2.75) is 11.8 Å². The highest BCUT2D eigenvalue weighted by molar-refractivity contribution is 7.80. The van der Waals surface area contributed by atoms with Gasteiger partial charge in [-0.3, -0.25) is 0 Å². The zero-order valence-electron chi connectivity index (χ0n) is 31.3. The van der Waals surface area contributed by atoms with Gasteiger partial charge in [0.15, 0.2) is 0 Å². The predicted molar refractivity (Wildman–Crippen MR) is 243 cm³/mol. The highest BCUT2D eigenvalue weighted by Gasteiger charge is 2.23. The summed E-state index contributed by atoms with van der Waals surface area (Å²) in [5, 5.41) is 2.24. The smallest absolute Gasteiger partial charge is 0.143 e. The minimum atomic E-state index is 0.894. The molecule has 268 valence electrons. The molecule has 10 aromatic rings. The number of rotatable bonds is 4. The molecule has 1 aliphatic carbocycles. The van der Waals surface area contributed by atoms with Gasteiger partial charge in [-0.1, -0.05) is 152 Å². The van der Waals surface area contributed by atoms with Crippen molar-refractivity contribution < 1.29 is 4.42 Å². The van der Waals surface area contributed by atoms with E-state index in [2.05, 4.69) is 195 Å². The second-order valence-corrected chi connectivity index (χ2v) is 15.5. The van der Waals surface area contributed by atoms with Crippen LogP contribution in [0.15, 0.2) is 203 Å². The van der Waals surface area contributed by atoms with Crippen LogP contribution in [-0.4, -0.2) is 0 Å². The minimum absolute atomic E-state index is 0.894. The molecule has 0 radical (unpaired) electrons. The molecule has 0 bridgehead atoms. The molecule has 0 fully saturated rings. The highest BCUT2D eigenvalue weighted by Crippen LogP contribution is 2.49. The third-order valence-corrected chi connectivity index (χ3v) is 12.1. The predicted octanol–water partition coefficient (Wildman–Crippen LogP) is 15.8.